The minimum Gasteiger partial charge on any atom is -0.393 e. The minimum absolute atomic E-state index is 0.0642. The van der Waals surface area contributed by atoms with Gasteiger partial charge in [0.05, 0.1) is 6.10 Å². The van der Waals surface area contributed by atoms with E-state index < -0.39 is 0 Å². The molecule has 0 aromatic carbocycles. The molecule has 0 radical (unpaired) electrons. The van der Waals surface area contributed by atoms with E-state index in [-0.39, 0.29) is 36.1 Å². The number of Topliss-reactive ketones (excluding diaryl/α,β-unsaturated/α-hetero) is 1. The van der Waals surface area contributed by atoms with Gasteiger partial charge >= 0.3 is 0 Å². The van der Waals surface area contributed by atoms with Crippen molar-refractivity contribution in [1.29, 1.82) is 0 Å². The maximum Gasteiger partial charge on any atom is 0.159 e. The average Bonchev–Trinajstić information content (AvgIpc) is 3.03. The highest BCUT2D eigenvalue weighted by Gasteiger charge is 2.27. The second-order valence-corrected chi connectivity index (χ2v) is 7.95. The topological polar surface area (TPSA) is 74.6 Å². The number of hydrogen-bond acceptors (Lipinski definition) is 4. The molecule has 0 heterocycles. The van der Waals surface area contributed by atoms with Gasteiger partial charge in [0.2, 0.25) is 0 Å². The van der Waals surface area contributed by atoms with Crippen LogP contribution in [0.25, 0.3) is 0 Å². The van der Waals surface area contributed by atoms with Crippen LogP contribution in [0.3, 0.4) is 0 Å². The van der Waals surface area contributed by atoms with Gasteiger partial charge in [0.1, 0.15) is 6.61 Å². The Hall–Kier alpha value is -1.52. The van der Waals surface area contributed by atoms with Crippen molar-refractivity contribution in [3.8, 4) is 0 Å². The highest BCUT2D eigenvalue weighted by Crippen LogP contribution is 2.28. The summed E-state index contributed by atoms with van der Waals surface area (Å²) in [4.78, 5) is 23.2. The van der Waals surface area contributed by atoms with Crippen molar-refractivity contribution in [2.75, 3.05) is 6.61 Å². The van der Waals surface area contributed by atoms with Crippen LogP contribution in [0, 0.1) is 17.8 Å². The van der Waals surface area contributed by atoms with E-state index >= 15 is 0 Å². The Kier molecular flexibility index (Phi) is 12.7. The number of aliphatic hydroxyl groups is 2. The number of ketones is 2. The van der Waals surface area contributed by atoms with E-state index in [1.54, 1.807) is 6.08 Å². The van der Waals surface area contributed by atoms with Crippen molar-refractivity contribution in [2.24, 2.45) is 17.8 Å². The van der Waals surface area contributed by atoms with Crippen LogP contribution in [-0.4, -0.2) is 34.5 Å². The number of carbonyl (C=O) groups is 2. The largest absolute Gasteiger partial charge is 0.393 e. The van der Waals surface area contributed by atoms with Gasteiger partial charge < -0.3 is 10.2 Å². The Bertz CT molecular complexity index is 547. The van der Waals surface area contributed by atoms with Gasteiger partial charge in [-0.3, -0.25) is 9.59 Å². The van der Waals surface area contributed by atoms with Crippen LogP contribution in [-0.2, 0) is 9.59 Å². The number of rotatable bonds is 15. The Morgan fingerprint density at radius 1 is 1.21 bits per heavy atom. The molecule has 2 unspecified atom stereocenters. The van der Waals surface area contributed by atoms with Crippen molar-refractivity contribution in [3.05, 3.63) is 36.5 Å². The number of carbonyl (C=O) groups excluding carboxylic acids is 2. The summed E-state index contributed by atoms with van der Waals surface area (Å²) in [6, 6.07) is 0. The monoisotopic (exact) mass is 390 g/mol. The van der Waals surface area contributed by atoms with Crippen LogP contribution in [0.2, 0.25) is 0 Å². The second kappa shape index (κ2) is 14.5. The minimum atomic E-state index is -0.383. The van der Waals surface area contributed by atoms with Gasteiger partial charge in [-0.1, -0.05) is 63.5 Å². The molecule has 0 saturated heterocycles. The zero-order valence-electron chi connectivity index (χ0n) is 17.6. The standard InChI is InChI=1S/C24H38O4/c1-3-4-7-11-19(2)23(27)15-10-12-20-16-17-24(28)22(20)14-9-6-5-8-13-21(26)18-25/h6,9-10,12,16-17,19-20,22-23,25,27H,3-5,7-8,11,13-15,18H2,1-2H3/t19?,20-,22+,23?/m0/s1. The van der Waals surface area contributed by atoms with E-state index in [2.05, 4.69) is 19.9 Å². The second-order valence-electron chi connectivity index (χ2n) is 7.95. The summed E-state index contributed by atoms with van der Waals surface area (Å²) in [5.74, 6) is 0.355. The van der Waals surface area contributed by atoms with Gasteiger partial charge in [0.15, 0.2) is 11.6 Å². The predicted molar refractivity (Wildman–Crippen MR) is 114 cm³/mol. The van der Waals surface area contributed by atoms with Crippen molar-refractivity contribution in [3.63, 3.8) is 0 Å². The van der Waals surface area contributed by atoms with Crippen molar-refractivity contribution >= 4 is 11.6 Å². The Balaban J connectivity index is 2.36. The van der Waals surface area contributed by atoms with E-state index in [9.17, 15) is 14.7 Å². The summed E-state index contributed by atoms with van der Waals surface area (Å²) in [5, 5.41) is 19.0. The summed E-state index contributed by atoms with van der Waals surface area (Å²) in [6.45, 7) is 3.91. The van der Waals surface area contributed by atoms with E-state index in [0.29, 0.717) is 25.2 Å². The summed E-state index contributed by atoms with van der Waals surface area (Å²) in [7, 11) is 0. The van der Waals surface area contributed by atoms with Gasteiger partial charge in [0, 0.05) is 18.3 Å². The van der Waals surface area contributed by atoms with Gasteiger partial charge in [-0.05, 0) is 44.1 Å². The molecule has 0 aliphatic heterocycles. The first-order chi connectivity index (χ1) is 13.5. The summed E-state index contributed by atoms with van der Waals surface area (Å²) < 4.78 is 0. The Morgan fingerprint density at radius 3 is 2.71 bits per heavy atom. The third-order valence-electron chi connectivity index (χ3n) is 5.53. The first-order valence-corrected chi connectivity index (χ1v) is 10.8. The van der Waals surface area contributed by atoms with Crippen LogP contribution in [0.1, 0.15) is 71.6 Å². The first-order valence-electron chi connectivity index (χ1n) is 10.8. The molecule has 0 aromatic rings. The quantitative estimate of drug-likeness (QED) is 0.317. The fourth-order valence-electron chi connectivity index (χ4n) is 3.50. The highest BCUT2D eigenvalue weighted by molar-refractivity contribution is 5.95. The van der Waals surface area contributed by atoms with Crippen molar-refractivity contribution in [1.82, 2.24) is 0 Å². The molecule has 4 nitrogen and oxygen atoms in total. The number of hydrogen-bond donors (Lipinski definition) is 2. The molecule has 4 heteroatoms. The van der Waals surface area contributed by atoms with Crippen LogP contribution < -0.4 is 0 Å². The van der Waals surface area contributed by atoms with Crippen LogP contribution in [0.4, 0.5) is 0 Å². The molecule has 158 valence electrons. The zero-order chi connectivity index (χ0) is 20.8. The molecule has 2 N–H and O–H groups in total. The lowest BCUT2D eigenvalue weighted by atomic mass is 9.90. The lowest BCUT2D eigenvalue weighted by Gasteiger charge is -2.18. The average molecular weight is 391 g/mol. The molecule has 0 amide bonds. The lowest BCUT2D eigenvalue weighted by Crippen LogP contribution is -2.17. The molecule has 0 aromatic heterocycles. The lowest BCUT2D eigenvalue weighted by molar-refractivity contribution is -0.121. The van der Waals surface area contributed by atoms with E-state index in [1.807, 2.05) is 24.3 Å². The van der Waals surface area contributed by atoms with Crippen LogP contribution in [0.15, 0.2) is 36.5 Å². The molecule has 0 saturated carbocycles. The van der Waals surface area contributed by atoms with Crippen molar-refractivity contribution in [2.45, 2.75) is 77.7 Å². The Labute approximate surface area is 170 Å². The molecular formula is C24H38O4. The third kappa shape index (κ3) is 9.61. The molecule has 1 rings (SSSR count). The smallest absolute Gasteiger partial charge is 0.159 e. The van der Waals surface area contributed by atoms with E-state index in [0.717, 1.165) is 19.3 Å². The highest BCUT2D eigenvalue weighted by atomic mass is 16.3. The fourth-order valence-corrected chi connectivity index (χ4v) is 3.50. The molecule has 1 aliphatic rings. The first kappa shape index (κ1) is 24.5. The van der Waals surface area contributed by atoms with Crippen LogP contribution >= 0.6 is 0 Å². The van der Waals surface area contributed by atoms with E-state index in [1.165, 1.54) is 19.3 Å². The SMILES string of the molecule is CCCCCC(C)C(O)CC=C[C@H]1C=CC(=O)[C@@H]1CC=CCCCC(=O)CO. The van der Waals surface area contributed by atoms with Crippen molar-refractivity contribution < 1.29 is 19.8 Å². The predicted octanol–water partition coefficient (Wildman–Crippen LogP) is 4.56. The Morgan fingerprint density at radius 2 is 2.00 bits per heavy atom. The van der Waals surface area contributed by atoms with E-state index in [4.69, 9.17) is 5.11 Å². The van der Waals surface area contributed by atoms with Gasteiger partial charge in [-0.15, -0.1) is 0 Å². The molecule has 1 aliphatic carbocycles. The molecule has 28 heavy (non-hydrogen) atoms. The number of allylic oxidation sites excluding steroid dienone is 5. The summed E-state index contributed by atoms with van der Waals surface area (Å²) >= 11 is 0. The molecule has 0 spiro atoms. The molecule has 0 fully saturated rings. The molecular weight excluding hydrogens is 352 g/mol. The number of unbranched alkanes of at least 4 members (excludes halogenated alkanes) is 3. The molecule has 4 atom stereocenters. The maximum absolute atomic E-state index is 12.1. The maximum atomic E-state index is 12.1. The normalized spacial score (nSPS) is 21.8. The number of aliphatic hydroxyl groups excluding tert-OH is 2. The van der Waals surface area contributed by atoms with Gasteiger partial charge in [-0.2, -0.15) is 0 Å². The van der Waals surface area contributed by atoms with Gasteiger partial charge in [0.25, 0.3) is 0 Å². The summed E-state index contributed by atoms with van der Waals surface area (Å²) in [6.07, 6.45) is 19.3. The molecule has 0 bridgehead atoms. The van der Waals surface area contributed by atoms with Crippen LogP contribution in [0.5, 0.6) is 0 Å². The van der Waals surface area contributed by atoms with Gasteiger partial charge in [-0.25, -0.2) is 0 Å². The third-order valence-corrected chi connectivity index (χ3v) is 5.53. The fraction of sp³-hybridized carbons (Fsp3) is 0.667. The summed E-state index contributed by atoms with van der Waals surface area (Å²) in [5.41, 5.74) is 0. The zero-order valence-corrected chi connectivity index (χ0v) is 17.6.